The first-order chi connectivity index (χ1) is 14.1. The number of aromatic nitrogens is 3. The van der Waals surface area contributed by atoms with Gasteiger partial charge in [0.1, 0.15) is 5.56 Å². The number of amides is 1. The Bertz CT molecular complexity index is 1220. The van der Waals surface area contributed by atoms with E-state index in [0.717, 1.165) is 5.56 Å². The summed E-state index contributed by atoms with van der Waals surface area (Å²) in [6.07, 6.45) is 1.51. The van der Waals surface area contributed by atoms with E-state index in [-0.39, 0.29) is 10.7 Å². The van der Waals surface area contributed by atoms with Gasteiger partial charge < -0.3 is 5.32 Å². The van der Waals surface area contributed by atoms with Crippen LogP contribution in [-0.4, -0.2) is 21.1 Å². The molecule has 0 fully saturated rings. The van der Waals surface area contributed by atoms with Gasteiger partial charge in [0.2, 0.25) is 0 Å². The van der Waals surface area contributed by atoms with E-state index >= 15 is 0 Å². The molecule has 0 aliphatic rings. The zero-order valence-electron chi connectivity index (χ0n) is 15.1. The molecule has 2 N–H and O–H groups in total. The second-order valence-electron chi connectivity index (χ2n) is 6.18. The highest BCUT2D eigenvalue weighted by molar-refractivity contribution is 6.32. The maximum atomic E-state index is 13.1. The molecule has 0 radical (unpaired) electrons. The van der Waals surface area contributed by atoms with Crippen LogP contribution in [0.4, 0.5) is 5.69 Å². The van der Waals surface area contributed by atoms with Crippen molar-refractivity contribution in [1.29, 1.82) is 0 Å². The van der Waals surface area contributed by atoms with Gasteiger partial charge in [-0.1, -0.05) is 72.3 Å². The second kappa shape index (κ2) is 8.08. The van der Waals surface area contributed by atoms with Crippen molar-refractivity contribution in [2.45, 2.75) is 0 Å². The molecule has 29 heavy (non-hydrogen) atoms. The highest BCUT2D eigenvalue weighted by Crippen LogP contribution is 2.32. The van der Waals surface area contributed by atoms with E-state index in [4.69, 9.17) is 11.6 Å². The number of pyridine rings is 1. The number of carbonyl (C=O) groups is 1. The van der Waals surface area contributed by atoms with Gasteiger partial charge in [-0.3, -0.25) is 9.59 Å². The molecule has 0 saturated carbocycles. The number of carbonyl (C=O) groups excluding carboxylic acids is 1. The summed E-state index contributed by atoms with van der Waals surface area (Å²) >= 11 is 6.06. The van der Waals surface area contributed by atoms with Gasteiger partial charge in [0.25, 0.3) is 11.5 Å². The first-order valence-electron chi connectivity index (χ1n) is 8.80. The third-order valence-electron chi connectivity index (χ3n) is 4.33. The smallest absolute Gasteiger partial charge is 0.277 e. The van der Waals surface area contributed by atoms with Crippen LogP contribution in [-0.2, 0) is 0 Å². The molecule has 4 rings (SSSR count). The number of H-pyrrole nitrogens is 1. The molecule has 4 aromatic rings. The van der Waals surface area contributed by atoms with Gasteiger partial charge in [0.15, 0.2) is 5.15 Å². The molecule has 0 atom stereocenters. The number of halogens is 1. The van der Waals surface area contributed by atoms with Crippen LogP contribution in [0.3, 0.4) is 0 Å². The van der Waals surface area contributed by atoms with Crippen molar-refractivity contribution >= 4 is 23.2 Å². The van der Waals surface area contributed by atoms with E-state index in [9.17, 15) is 9.59 Å². The summed E-state index contributed by atoms with van der Waals surface area (Å²) < 4.78 is 0. The molecule has 0 aliphatic heterocycles. The van der Waals surface area contributed by atoms with Crippen LogP contribution in [0.25, 0.3) is 22.4 Å². The van der Waals surface area contributed by atoms with Crippen molar-refractivity contribution in [3.63, 3.8) is 0 Å². The number of rotatable bonds is 4. The van der Waals surface area contributed by atoms with Crippen molar-refractivity contribution in [1.82, 2.24) is 15.2 Å². The fourth-order valence-electron chi connectivity index (χ4n) is 3.02. The van der Waals surface area contributed by atoms with E-state index in [1.165, 1.54) is 6.20 Å². The fraction of sp³-hybridized carbons (Fsp3) is 0. The number of nitrogens with zero attached hydrogens (tertiary/aromatic N) is 2. The number of hydrogen-bond donors (Lipinski definition) is 2. The molecule has 0 spiro atoms. The summed E-state index contributed by atoms with van der Waals surface area (Å²) in [5, 5.41) is 9.49. The lowest BCUT2D eigenvalue weighted by Gasteiger charge is -2.14. The van der Waals surface area contributed by atoms with Crippen LogP contribution in [0.15, 0.2) is 83.8 Å². The lowest BCUT2D eigenvalue weighted by atomic mass is 9.95. The highest BCUT2D eigenvalue weighted by Gasteiger charge is 2.23. The first kappa shape index (κ1) is 18.6. The van der Waals surface area contributed by atoms with Crippen LogP contribution in [0.1, 0.15) is 10.4 Å². The Labute approximate surface area is 171 Å². The highest BCUT2D eigenvalue weighted by atomic mass is 35.5. The number of anilines is 1. The van der Waals surface area contributed by atoms with Crippen molar-refractivity contribution in [2.75, 3.05) is 5.32 Å². The lowest BCUT2D eigenvalue weighted by Crippen LogP contribution is -2.26. The average molecular weight is 403 g/mol. The molecule has 0 saturated heterocycles. The largest absolute Gasteiger partial charge is 0.319 e. The molecular weight excluding hydrogens is 388 g/mol. The van der Waals surface area contributed by atoms with Gasteiger partial charge in [0, 0.05) is 17.3 Å². The molecule has 142 valence electrons. The molecule has 6 nitrogen and oxygen atoms in total. The summed E-state index contributed by atoms with van der Waals surface area (Å²) in [5.41, 5.74) is 2.09. The minimum atomic E-state index is -0.598. The number of nitrogens with one attached hydrogen (secondary N) is 2. The Morgan fingerprint density at radius 3 is 2.21 bits per heavy atom. The van der Waals surface area contributed by atoms with E-state index in [0.29, 0.717) is 22.5 Å². The minimum absolute atomic E-state index is 0.0510. The number of benzene rings is 2. The molecule has 1 amide bonds. The molecule has 7 heteroatoms. The van der Waals surface area contributed by atoms with Gasteiger partial charge >= 0.3 is 0 Å². The molecule has 2 aromatic carbocycles. The minimum Gasteiger partial charge on any atom is -0.319 e. The topological polar surface area (TPSA) is 87.7 Å². The number of aromatic amines is 1. The normalized spacial score (nSPS) is 10.5. The van der Waals surface area contributed by atoms with E-state index in [1.54, 1.807) is 12.1 Å². The molecule has 2 aromatic heterocycles. The lowest BCUT2D eigenvalue weighted by molar-refractivity contribution is 0.102. The van der Waals surface area contributed by atoms with Gasteiger partial charge in [-0.2, -0.15) is 5.10 Å². The second-order valence-corrected chi connectivity index (χ2v) is 6.54. The Hall–Kier alpha value is -3.77. The summed E-state index contributed by atoms with van der Waals surface area (Å²) in [6, 6.07) is 21.8. The van der Waals surface area contributed by atoms with E-state index < -0.39 is 11.5 Å². The molecule has 0 unspecified atom stereocenters. The Morgan fingerprint density at radius 2 is 1.55 bits per heavy atom. The Kier molecular flexibility index (Phi) is 5.18. The van der Waals surface area contributed by atoms with Gasteiger partial charge in [-0.15, -0.1) is 0 Å². The quantitative estimate of drug-likeness (QED) is 0.495. The van der Waals surface area contributed by atoms with Crippen molar-refractivity contribution < 1.29 is 4.79 Å². The maximum absolute atomic E-state index is 13.1. The average Bonchev–Trinajstić information content (AvgIpc) is 2.76. The van der Waals surface area contributed by atoms with Gasteiger partial charge in [0.05, 0.1) is 11.4 Å². The van der Waals surface area contributed by atoms with Gasteiger partial charge in [-0.05, 0) is 17.7 Å². The first-order valence-corrected chi connectivity index (χ1v) is 9.18. The Morgan fingerprint density at radius 1 is 0.897 bits per heavy atom. The monoisotopic (exact) mass is 402 g/mol. The fourth-order valence-corrected chi connectivity index (χ4v) is 3.19. The third kappa shape index (κ3) is 3.79. The van der Waals surface area contributed by atoms with E-state index in [2.05, 4.69) is 20.5 Å². The Balaban J connectivity index is 1.92. The van der Waals surface area contributed by atoms with Crippen LogP contribution in [0.5, 0.6) is 0 Å². The van der Waals surface area contributed by atoms with Crippen LogP contribution < -0.4 is 10.9 Å². The standard InChI is InChI=1S/C22H15ClN4O2/c23-20-16(12-7-13-24-20)25-21(28)18-17(14-8-3-1-4-9-14)19(26-27-22(18)29)15-10-5-2-6-11-15/h1-13H,(H,25,28)(H,27,29). The predicted molar refractivity (Wildman–Crippen MR) is 113 cm³/mol. The summed E-state index contributed by atoms with van der Waals surface area (Å²) in [6.45, 7) is 0. The third-order valence-corrected chi connectivity index (χ3v) is 4.63. The SMILES string of the molecule is O=C(Nc1cccnc1Cl)c1c(-c2ccccc2)c(-c2ccccc2)n[nH]c1=O. The van der Waals surface area contributed by atoms with Crippen LogP contribution in [0, 0.1) is 0 Å². The number of hydrogen-bond acceptors (Lipinski definition) is 4. The zero-order valence-corrected chi connectivity index (χ0v) is 15.9. The molecule has 0 bridgehead atoms. The van der Waals surface area contributed by atoms with Gasteiger partial charge in [-0.25, -0.2) is 10.1 Å². The van der Waals surface area contributed by atoms with Crippen molar-refractivity contribution in [2.24, 2.45) is 0 Å². The maximum Gasteiger partial charge on any atom is 0.277 e. The van der Waals surface area contributed by atoms with Crippen molar-refractivity contribution in [3.05, 3.63) is 100 Å². The van der Waals surface area contributed by atoms with E-state index in [1.807, 2.05) is 60.7 Å². The molecule has 0 aliphatic carbocycles. The van der Waals surface area contributed by atoms with Crippen LogP contribution in [0.2, 0.25) is 5.15 Å². The summed E-state index contributed by atoms with van der Waals surface area (Å²) in [7, 11) is 0. The molecular formula is C22H15ClN4O2. The van der Waals surface area contributed by atoms with Crippen molar-refractivity contribution in [3.8, 4) is 22.4 Å². The predicted octanol–water partition coefficient (Wildman–Crippen LogP) is 4.40. The summed E-state index contributed by atoms with van der Waals surface area (Å²) in [5.74, 6) is -0.598. The zero-order chi connectivity index (χ0) is 20.2. The van der Waals surface area contributed by atoms with Crippen LogP contribution >= 0.6 is 11.6 Å². The summed E-state index contributed by atoms with van der Waals surface area (Å²) in [4.78, 5) is 29.8. The molecule has 2 heterocycles.